The summed E-state index contributed by atoms with van der Waals surface area (Å²) in [6.45, 7) is 0. The van der Waals surface area contributed by atoms with Crippen molar-refractivity contribution in [2.24, 2.45) is 0 Å². The molecule has 1 aromatic rings. The van der Waals surface area contributed by atoms with Gasteiger partial charge in [0.1, 0.15) is 0 Å². The molecule has 0 fully saturated rings. The first-order valence-electron chi connectivity index (χ1n) is 3.44. The topological polar surface area (TPSA) is 20.2 Å². The Labute approximate surface area is 81.3 Å². The molecule has 1 unspecified atom stereocenters. The minimum Gasteiger partial charge on any atom is -0.388 e. The highest BCUT2D eigenvalue weighted by atomic mass is 79.9. The maximum atomic E-state index is 12.6. The SMILES string of the molecule is OC(CBr)c1cc(F)c(F)c(F)c1. The number of halogens is 4. The van der Waals surface area contributed by atoms with Gasteiger partial charge in [0.2, 0.25) is 0 Å². The summed E-state index contributed by atoms with van der Waals surface area (Å²) in [4.78, 5) is 0. The number of rotatable bonds is 2. The molecule has 0 aromatic heterocycles. The maximum absolute atomic E-state index is 12.6. The lowest BCUT2D eigenvalue weighted by Crippen LogP contribution is -2.02. The standard InChI is InChI=1S/C8H6BrF3O/c9-3-7(13)4-1-5(10)8(12)6(11)2-4/h1-2,7,13H,3H2. The van der Waals surface area contributed by atoms with Crippen LogP contribution in [-0.4, -0.2) is 10.4 Å². The third kappa shape index (κ3) is 2.22. The molecular weight excluding hydrogens is 249 g/mol. The second-order valence-corrected chi connectivity index (χ2v) is 3.12. The van der Waals surface area contributed by atoms with E-state index < -0.39 is 23.6 Å². The molecule has 1 rings (SSSR count). The Morgan fingerprint density at radius 1 is 1.23 bits per heavy atom. The molecule has 0 aliphatic rings. The summed E-state index contributed by atoms with van der Waals surface area (Å²) in [5.74, 6) is -4.12. The van der Waals surface area contributed by atoms with Crippen molar-refractivity contribution in [2.75, 3.05) is 5.33 Å². The minimum absolute atomic E-state index is 0.00766. The molecule has 1 atom stereocenters. The third-order valence-electron chi connectivity index (χ3n) is 1.54. The van der Waals surface area contributed by atoms with Crippen molar-refractivity contribution in [1.82, 2.24) is 0 Å². The van der Waals surface area contributed by atoms with Gasteiger partial charge in [0, 0.05) is 5.33 Å². The summed E-state index contributed by atoms with van der Waals surface area (Å²) >= 11 is 2.93. The summed E-state index contributed by atoms with van der Waals surface area (Å²) in [5.41, 5.74) is 0.00766. The molecule has 1 nitrogen and oxygen atoms in total. The van der Waals surface area contributed by atoms with Gasteiger partial charge in [-0.25, -0.2) is 13.2 Å². The van der Waals surface area contributed by atoms with Crippen LogP contribution in [0.2, 0.25) is 0 Å². The fraction of sp³-hybridized carbons (Fsp3) is 0.250. The summed E-state index contributed by atoms with van der Waals surface area (Å²) in [6, 6.07) is 1.54. The van der Waals surface area contributed by atoms with Gasteiger partial charge in [-0.05, 0) is 17.7 Å². The van der Waals surface area contributed by atoms with Crippen LogP contribution in [-0.2, 0) is 0 Å². The van der Waals surface area contributed by atoms with Crippen molar-refractivity contribution in [1.29, 1.82) is 0 Å². The van der Waals surface area contributed by atoms with Gasteiger partial charge < -0.3 is 5.11 Å². The highest BCUT2D eigenvalue weighted by molar-refractivity contribution is 9.09. The van der Waals surface area contributed by atoms with E-state index in [0.29, 0.717) is 0 Å². The Balaban J connectivity index is 3.13. The summed E-state index contributed by atoms with van der Waals surface area (Å²) in [5, 5.41) is 9.30. The molecule has 1 N–H and O–H groups in total. The molecule has 5 heteroatoms. The molecule has 0 amide bonds. The number of aliphatic hydroxyl groups excluding tert-OH is 1. The van der Waals surface area contributed by atoms with Gasteiger partial charge in [0.15, 0.2) is 17.5 Å². The van der Waals surface area contributed by atoms with E-state index in [1.807, 2.05) is 0 Å². The summed E-state index contributed by atoms with van der Waals surface area (Å²) < 4.78 is 37.6. The van der Waals surface area contributed by atoms with Crippen molar-refractivity contribution in [2.45, 2.75) is 6.10 Å². The van der Waals surface area contributed by atoms with Crippen LogP contribution >= 0.6 is 15.9 Å². The number of hydrogen-bond donors (Lipinski definition) is 1. The number of hydrogen-bond acceptors (Lipinski definition) is 1. The molecule has 0 spiro atoms. The lowest BCUT2D eigenvalue weighted by Gasteiger charge is -2.07. The molecule has 0 aliphatic carbocycles. The van der Waals surface area contributed by atoms with Crippen molar-refractivity contribution in [3.05, 3.63) is 35.1 Å². The quantitative estimate of drug-likeness (QED) is 0.636. The Hall–Kier alpha value is -0.550. The van der Waals surface area contributed by atoms with E-state index in [1.54, 1.807) is 0 Å². The Morgan fingerprint density at radius 3 is 2.08 bits per heavy atom. The fourth-order valence-corrected chi connectivity index (χ4v) is 1.23. The first-order valence-corrected chi connectivity index (χ1v) is 4.57. The Bertz CT molecular complexity index is 293. The van der Waals surface area contributed by atoms with Gasteiger partial charge in [0.25, 0.3) is 0 Å². The van der Waals surface area contributed by atoms with Gasteiger partial charge >= 0.3 is 0 Å². The van der Waals surface area contributed by atoms with Gasteiger partial charge in [0.05, 0.1) is 6.10 Å². The molecule has 0 bridgehead atoms. The largest absolute Gasteiger partial charge is 0.388 e. The average Bonchev–Trinajstić information content (AvgIpc) is 2.12. The number of benzene rings is 1. The normalized spacial score (nSPS) is 13.0. The van der Waals surface area contributed by atoms with E-state index >= 15 is 0 Å². The second kappa shape index (κ2) is 4.11. The Kier molecular flexibility index (Phi) is 3.33. The van der Waals surface area contributed by atoms with E-state index in [1.165, 1.54) is 0 Å². The van der Waals surface area contributed by atoms with Gasteiger partial charge in [-0.2, -0.15) is 0 Å². The fourth-order valence-electron chi connectivity index (χ4n) is 0.857. The smallest absolute Gasteiger partial charge is 0.194 e. The van der Waals surface area contributed by atoms with Crippen molar-refractivity contribution in [3.63, 3.8) is 0 Å². The van der Waals surface area contributed by atoms with E-state index in [0.717, 1.165) is 12.1 Å². The lowest BCUT2D eigenvalue weighted by atomic mass is 10.1. The molecule has 0 radical (unpaired) electrons. The van der Waals surface area contributed by atoms with Crippen molar-refractivity contribution >= 4 is 15.9 Å². The molecule has 0 saturated heterocycles. The second-order valence-electron chi connectivity index (χ2n) is 2.47. The number of aliphatic hydroxyl groups is 1. The van der Waals surface area contributed by atoms with E-state index in [-0.39, 0.29) is 10.9 Å². The van der Waals surface area contributed by atoms with E-state index in [4.69, 9.17) is 5.11 Å². The maximum Gasteiger partial charge on any atom is 0.194 e. The van der Waals surface area contributed by atoms with E-state index in [2.05, 4.69) is 15.9 Å². The van der Waals surface area contributed by atoms with Crippen LogP contribution in [0, 0.1) is 17.5 Å². The van der Waals surface area contributed by atoms with Crippen LogP contribution in [0.25, 0.3) is 0 Å². The number of alkyl halides is 1. The zero-order valence-electron chi connectivity index (χ0n) is 6.40. The monoisotopic (exact) mass is 254 g/mol. The van der Waals surface area contributed by atoms with Gasteiger partial charge in [-0.3, -0.25) is 0 Å². The summed E-state index contributed by atoms with van der Waals surface area (Å²) in [7, 11) is 0. The van der Waals surface area contributed by atoms with Gasteiger partial charge in [-0.15, -0.1) is 0 Å². The highest BCUT2D eigenvalue weighted by Crippen LogP contribution is 2.20. The average molecular weight is 255 g/mol. The predicted molar refractivity (Wildman–Crippen MR) is 45.1 cm³/mol. The molecule has 0 aliphatic heterocycles. The molecule has 72 valence electrons. The van der Waals surface area contributed by atoms with Gasteiger partial charge in [-0.1, -0.05) is 15.9 Å². The zero-order chi connectivity index (χ0) is 10.0. The molecule has 1 aromatic carbocycles. The molecule has 13 heavy (non-hydrogen) atoms. The minimum atomic E-state index is -1.52. The van der Waals surface area contributed by atoms with Crippen LogP contribution < -0.4 is 0 Å². The van der Waals surface area contributed by atoms with Crippen LogP contribution in [0.5, 0.6) is 0 Å². The highest BCUT2D eigenvalue weighted by Gasteiger charge is 2.14. The third-order valence-corrected chi connectivity index (χ3v) is 2.15. The Morgan fingerprint density at radius 2 is 1.69 bits per heavy atom. The van der Waals surface area contributed by atoms with Crippen molar-refractivity contribution in [3.8, 4) is 0 Å². The van der Waals surface area contributed by atoms with Crippen LogP contribution in [0.4, 0.5) is 13.2 Å². The lowest BCUT2D eigenvalue weighted by molar-refractivity contribution is 0.204. The summed E-state index contributed by atoms with van der Waals surface area (Å²) in [6.07, 6.45) is -1.04. The molecular formula is C8H6BrF3O. The molecule has 0 saturated carbocycles. The van der Waals surface area contributed by atoms with Crippen LogP contribution in [0.15, 0.2) is 12.1 Å². The van der Waals surface area contributed by atoms with E-state index in [9.17, 15) is 13.2 Å². The zero-order valence-corrected chi connectivity index (χ0v) is 7.98. The van der Waals surface area contributed by atoms with Crippen LogP contribution in [0.3, 0.4) is 0 Å². The van der Waals surface area contributed by atoms with Crippen LogP contribution in [0.1, 0.15) is 11.7 Å². The first kappa shape index (κ1) is 10.5. The predicted octanol–water partition coefficient (Wildman–Crippen LogP) is 2.53. The van der Waals surface area contributed by atoms with Crippen molar-refractivity contribution < 1.29 is 18.3 Å². The molecule has 0 heterocycles. The first-order chi connectivity index (χ1) is 6.06.